The molecule has 3 atom stereocenters. The van der Waals surface area contributed by atoms with E-state index in [1.54, 1.807) is 29.2 Å². The molecule has 228 valence electrons. The molecule has 2 aliphatic rings. The standard InChI is InChI=1S/C30H37F3N4O4S/c1-2-42(40,41)36-19-23-13-15-37(20-23)29(39)25-9-7-24(8-10-25)27(16-22-4-3-14-34-17-22)28(38)35-18-21-5-11-26(12-6-21)30(31,32)33/h2,5-12,22-23,27,34,36H,1,3-4,13-20H2,(H,35,38). The summed E-state index contributed by atoms with van der Waals surface area (Å²) in [5.74, 6) is -0.561. The normalized spacial score (nSPS) is 20.2. The maximum Gasteiger partial charge on any atom is 0.416 e. The molecule has 2 heterocycles. The van der Waals surface area contributed by atoms with Crippen molar-refractivity contribution in [3.63, 3.8) is 0 Å². The minimum absolute atomic E-state index is 0.00444. The fourth-order valence-corrected chi connectivity index (χ4v) is 6.08. The van der Waals surface area contributed by atoms with Gasteiger partial charge in [0.25, 0.3) is 5.91 Å². The van der Waals surface area contributed by atoms with Crippen LogP contribution in [-0.4, -0.2) is 57.9 Å². The van der Waals surface area contributed by atoms with Crippen molar-refractivity contribution in [3.8, 4) is 0 Å². The number of nitrogens with zero attached hydrogens (tertiary/aromatic N) is 1. The fourth-order valence-electron chi connectivity index (χ4n) is 5.49. The smallest absolute Gasteiger partial charge is 0.351 e. The molecular formula is C30H37F3N4O4S. The van der Waals surface area contributed by atoms with E-state index in [2.05, 4.69) is 21.9 Å². The van der Waals surface area contributed by atoms with Gasteiger partial charge in [0.1, 0.15) is 0 Å². The Labute approximate surface area is 244 Å². The van der Waals surface area contributed by atoms with Crippen LogP contribution in [0.2, 0.25) is 0 Å². The third-order valence-corrected chi connectivity index (χ3v) is 8.97. The number of alkyl halides is 3. The van der Waals surface area contributed by atoms with Crippen molar-refractivity contribution in [1.82, 2.24) is 20.3 Å². The van der Waals surface area contributed by atoms with Crippen LogP contribution in [0.25, 0.3) is 0 Å². The number of carbonyl (C=O) groups excluding carboxylic acids is 2. The first kappa shape index (κ1) is 31.7. The number of benzene rings is 2. The fraction of sp³-hybridized carbons (Fsp3) is 0.467. The van der Waals surface area contributed by atoms with Crippen molar-refractivity contribution in [2.45, 2.75) is 44.3 Å². The van der Waals surface area contributed by atoms with Crippen LogP contribution in [0.1, 0.15) is 58.6 Å². The number of piperidine rings is 1. The summed E-state index contributed by atoms with van der Waals surface area (Å²) in [6.45, 7) is 6.31. The van der Waals surface area contributed by atoms with Gasteiger partial charge in [-0.15, -0.1) is 0 Å². The molecule has 2 fully saturated rings. The van der Waals surface area contributed by atoms with E-state index in [1.165, 1.54) is 12.1 Å². The Morgan fingerprint density at radius 2 is 1.79 bits per heavy atom. The highest BCUT2D eigenvalue weighted by Gasteiger charge is 2.31. The number of nitrogens with one attached hydrogen (secondary N) is 3. The molecule has 2 saturated heterocycles. The zero-order valence-corrected chi connectivity index (χ0v) is 24.1. The third kappa shape index (κ3) is 8.65. The average molecular weight is 607 g/mol. The van der Waals surface area contributed by atoms with Crippen molar-refractivity contribution in [2.75, 3.05) is 32.7 Å². The van der Waals surface area contributed by atoms with Crippen LogP contribution in [-0.2, 0) is 27.5 Å². The molecule has 0 aliphatic carbocycles. The van der Waals surface area contributed by atoms with Gasteiger partial charge in [-0.1, -0.05) is 30.8 Å². The van der Waals surface area contributed by atoms with Crippen molar-refractivity contribution < 1.29 is 31.2 Å². The van der Waals surface area contributed by atoms with Crippen LogP contribution in [0.3, 0.4) is 0 Å². The van der Waals surface area contributed by atoms with Gasteiger partial charge in [0.05, 0.1) is 11.5 Å². The predicted octanol–water partition coefficient (Wildman–Crippen LogP) is 4.02. The van der Waals surface area contributed by atoms with Crippen LogP contribution in [0, 0.1) is 11.8 Å². The lowest BCUT2D eigenvalue weighted by Crippen LogP contribution is -2.35. The number of hydrogen-bond acceptors (Lipinski definition) is 5. The van der Waals surface area contributed by atoms with Crippen LogP contribution < -0.4 is 15.4 Å². The number of hydrogen-bond donors (Lipinski definition) is 3. The lowest BCUT2D eigenvalue weighted by Gasteiger charge is -2.27. The Balaban J connectivity index is 1.40. The van der Waals surface area contributed by atoms with Crippen LogP contribution >= 0.6 is 0 Å². The van der Waals surface area contributed by atoms with Crippen LogP contribution in [0.5, 0.6) is 0 Å². The first-order valence-electron chi connectivity index (χ1n) is 14.1. The Morgan fingerprint density at radius 3 is 2.40 bits per heavy atom. The maximum atomic E-state index is 13.4. The second-order valence-corrected chi connectivity index (χ2v) is 12.7. The Morgan fingerprint density at radius 1 is 1.07 bits per heavy atom. The molecule has 0 aromatic heterocycles. The van der Waals surface area contributed by atoms with E-state index in [0.29, 0.717) is 43.0 Å². The largest absolute Gasteiger partial charge is 0.416 e. The monoisotopic (exact) mass is 606 g/mol. The molecule has 3 unspecified atom stereocenters. The van der Waals surface area contributed by atoms with Crippen molar-refractivity contribution in [3.05, 3.63) is 82.8 Å². The van der Waals surface area contributed by atoms with Crippen molar-refractivity contribution >= 4 is 21.8 Å². The third-order valence-electron chi connectivity index (χ3n) is 7.96. The van der Waals surface area contributed by atoms with E-state index in [9.17, 15) is 31.2 Å². The van der Waals surface area contributed by atoms with Gasteiger partial charge < -0.3 is 15.5 Å². The Bertz CT molecular complexity index is 1340. The molecule has 2 aromatic carbocycles. The van der Waals surface area contributed by atoms with Crippen LogP contribution in [0.15, 0.2) is 60.5 Å². The molecule has 12 heteroatoms. The minimum atomic E-state index is -4.42. The zero-order valence-electron chi connectivity index (χ0n) is 23.3. The summed E-state index contributed by atoms with van der Waals surface area (Å²) in [6.07, 6.45) is -1.13. The molecule has 2 aromatic rings. The van der Waals surface area contributed by atoms with E-state index in [1.807, 2.05) is 0 Å². The van der Waals surface area contributed by atoms with E-state index in [4.69, 9.17) is 0 Å². The first-order chi connectivity index (χ1) is 19.9. The summed E-state index contributed by atoms with van der Waals surface area (Å²) < 4.78 is 64.4. The van der Waals surface area contributed by atoms with Gasteiger partial charge in [0.15, 0.2) is 0 Å². The average Bonchev–Trinajstić information content (AvgIpc) is 3.47. The zero-order chi connectivity index (χ0) is 30.3. The number of amides is 2. The summed E-state index contributed by atoms with van der Waals surface area (Å²) >= 11 is 0. The summed E-state index contributed by atoms with van der Waals surface area (Å²) in [7, 11) is -3.52. The molecule has 0 radical (unpaired) electrons. The molecule has 0 saturated carbocycles. The lowest BCUT2D eigenvalue weighted by atomic mass is 9.84. The molecule has 42 heavy (non-hydrogen) atoms. The van der Waals surface area contributed by atoms with Gasteiger partial charge in [-0.05, 0) is 86.0 Å². The highest BCUT2D eigenvalue weighted by Crippen LogP contribution is 2.30. The lowest BCUT2D eigenvalue weighted by molar-refractivity contribution is -0.137. The number of likely N-dealkylation sites (tertiary alicyclic amines) is 1. The van der Waals surface area contributed by atoms with E-state index >= 15 is 0 Å². The topological polar surface area (TPSA) is 108 Å². The predicted molar refractivity (Wildman–Crippen MR) is 154 cm³/mol. The number of halogens is 3. The number of carbonyl (C=O) groups is 2. The van der Waals surface area contributed by atoms with Gasteiger partial charge in [-0.25, -0.2) is 13.1 Å². The molecule has 0 bridgehead atoms. The molecule has 2 aliphatic heterocycles. The van der Waals surface area contributed by atoms with Gasteiger partial charge >= 0.3 is 6.18 Å². The summed E-state index contributed by atoms with van der Waals surface area (Å²) in [5.41, 5.74) is 1.07. The van der Waals surface area contributed by atoms with Gasteiger partial charge in [-0.3, -0.25) is 9.59 Å². The highest BCUT2D eigenvalue weighted by molar-refractivity contribution is 7.92. The Kier molecular flexibility index (Phi) is 10.4. The Hall–Kier alpha value is -3.22. The minimum Gasteiger partial charge on any atom is -0.351 e. The molecule has 2 amide bonds. The van der Waals surface area contributed by atoms with Gasteiger partial charge in [0, 0.05) is 37.2 Å². The highest BCUT2D eigenvalue weighted by atomic mass is 32.2. The SMILES string of the molecule is C=CS(=O)(=O)NCC1CCN(C(=O)c2ccc(C(CC3CCCNC3)C(=O)NCc3ccc(C(F)(F)F)cc3)cc2)C1. The second-order valence-electron chi connectivity index (χ2n) is 11.0. The number of rotatable bonds is 11. The maximum absolute atomic E-state index is 13.4. The van der Waals surface area contributed by atoms with Crippen molar-refractivity contribution in [1.29, 1.82) is 0 Å². The summed E-state index contributed by atoms with van der Waals surface area (Å²) in [4.78, 5) is 28.2. The number of sulfonamides is 1. The molecule has 8 nitrogen and oxygen atoms in total. The summed E-state index contributed by atoms with van der Waals surface area (Å²) in [6, 6.07) is 11.7. The summed E-state index contributed by atoms with van der Waals surface area (Å²) in [5, 5.41) is 7.12. The van der Waals surface area contributed by atoms with Gasteiger partial charge in [0.2, 0.25) is 15.9 Å². The molecule has 4 rings (SSSR count). The van der Waals surface area contributed by atoms with Crippen LogP contribution in [0.4, 0.5) is 13.2 Å². The molecule has 0 spiro atoms. The van der Waals surface area contributed by atoms with E-state index in [0.717, 1.165) is 49.0 Å². The van der Waals surface area contributed by atoms with Gasteiger partial charge in [-0.2, -0.15) is 13.2 Å². The quantitative estimate of drug-likeness (QED) is 0.358. The molecule has 3 N–H and O–H groups in total. The van der Waals surface area contributed by atoms with E-state index < -0.39 is 27.7 Å². The van der Waals surface area contributed by atoms with E-state index in [-0.39, 0.29) is 30.8 Å². The first-order valence-corrected chi connectivity index (χ1v) is 15.7. The molecular weight excluding hydrogens is 569 g/mol. The second kappa shape index (κ2) is 13.8. The van der Waals surface area contributed by atoms with Crippen molar-refractivity contribution in [2.24, 2.45) is 11.8 Å².